The molecule has 0 aliphatic carbocycles. The lowest BCUT2D eigenvalue weighted by atomic mass is 10.2. The summed E-state index contributed by atoms with van der Waals surface area (Å²) in [5.41, 5.74) is 1.82. The zero-order valence-corrected chi connectivity index (χ0v) is 18.3. The number of aryl methyl sites for hydroxylation is 1. The van der Waals surface area contributed by atoms with Crippen molar-refractivity contribution in [2.24, 2.45) is 0 Å². The molecule has 0 aliphatic heterocycles. The Bertz CT molecular complexity index is 1220. The summed E-state index contributed by atoms with van der Waals surface area (Å²) in [6, 6.07) is 19.2. The molecule has 0 radical (unpaired) electrons. The Morgan fingerprint density at radius 1 is 0.875 bits per heavy atom. The maximum Gasteiger partial charge on any atom is 0.339 e. The minimum atomic E-state index is -3.77. The van der Waals surface area contributed by atoms with Crippen LogP contribution in [-0.4, -0.2) is 34.0 Å². The molecule has 8 nitrogen and oxygen atoms in total. The molecular weight excluding hydrogens is 432 g/mol. The van der Waals surface area contributed by atoms with Gasteiger partial charge in [-0.05, 0) is 55.0 Å². The van der Waals surface area contributed by atoms with E-state index >= 15 is 0 Å². The molecule has 0 spiro atoms. The summed E-state index contributed by atoms with van der Waals surface area (Å²) in [5, 5.41) is 2.59. The molecule has 9 heteroatoms. The highest BCUT2D eigenvalue weighted by Crippen LogP contribution is 2.21. The Kier molecular flexibility index (Phi) is 7.11. The second kappa shape index (κ2) is 9.97. The Balaban J connectivity index is 1.61. The molecule has 1 amide bonds. The van der Waals surface area contributed by atoms with E-state index in [9.17, 15) is 18.0 Å². The number of rotatable bonds is 8. The Hall–Kier alpha value is -3.85. The number of methoxy groups -OCH3 is 1. The predicted molar refractivity (Wildman–Crippen MR) is 120 cm³/mol. The monoisotopic (exact) mass is 454 g/mol. The number of sulfonamides is 1. The Morgan fingerprint density at radius 2 is 1.50 bits per heavy atom. The van der Waals surface area contributed by atoms with Crippen LogP contribution in [0.1, 0.15) is 15.9 Å². The normalized spacial score (nSPS) is 10.8. The maximum atomic E-state index is 12.6. The maximum absolute atomic E-state index is 12.6. The first-order valence-corrected chi connectivity index (χ1v) is 11.1. The summed E-state index contributed by atoms with van der Waals surface area (Å²) in [6.07, 6.45) is 0. The number of para-hydroxylation sites is 2. The fourth-order valence-electron chi connectivity index (χ4n) is 2.82. The van der Waals surface area contributed by atoms with Crippen molar-refractivity contribution >= 4 is 33.3 Å². The van der Waals surface area contributed by atoms with Gasteiger partial charge in [0.25, 0.3) is 15.9 Å². The van der Waals surface area contributed by atoms with E-state index in [-0.39, 0.29) is 17.1 Å². The third kappa shape index (κ3) is 5.64. The van der Waals surface area contributed by atoms with Crippen LogP contribution < -0.4 is 14.8 Å². The molecule has 0 atom stereocenters. The number of hydrogen-bond acceptors (Lipinski definition) is 6. The molecule has 3 rings (SSSR count). The SMILES string of the molecule is COC(=O)c1ccccc1NC(=O)COc1ccc(S(=O)(=O)Nc2ccccc2C)cc1. The van der Waals surface area contributed by atoms with Crippen LogP contribution >= 0.6 is 0 Å². The van der Waals surface area contributed by atoms with Gasteiger partial charge in [0.2, 0.25) is 0 Å². The molecule has 0 aromatic heterocycles. The third-order valence-corrected chi connectivity index (χ3v) is 5.88. The summed E-state index contributed by atoms with van der Waals surface area (Å²) in [5.74, 6) is -0.742. The fourth-order valence-corrected chi connectivity index (χ4v) is 3.95. The molecular formula is C23H22N2O6S. The van der Waals surface area contributed by atoms with Gasteiger partial charge in [-0.2, -0.15) is 0 Å². The average Bonchev–Trinajstić information content (AvgIpc) is 2.79. The van der Waals surface area contributed by atoms with Crippen molar-refractivity contribution in [3.63, 3.8) is 0 Å². The highest BCUT2D eigenvalue weighted by Gasteiger charge is 2.16. The van der Waals surface area contributed by atoms with Gasteiger partial charge in [0.1, 0.15) is 5.75 Å². The molecule has 0 aliphatic rings. The van der Waals surface area contributed by atoms with Crippen LogP contribution in [0.4, 0.5) is 11.4 Å². The van der Waals surface area contributed by atoms with E-state index in [1.165, 1.54) is 37.4 Å². The molecule has 0 bridgehead atoms. The minimum Gasteiger partial charge on any atom is -0.484 e. The lowest BCUT2D eigenvalue weighted by molar-refractivity contribution is -0.118. The number of ether oxygens (including phenoxy) is 2. The molecule has 32 heavy (non-hydrogen) atoms. The van der Waals surface area contributed by atoms with E-state index < -0.39 is 21.9 Å². The standard InChI is InChI=1S/C23H22N2O6S/c1-16-7-3-5-9-20(16)25-32(28,29)18-13-11-17(12-14-18)31-15-22(26)24-21-10-6-4-8-19(21)23(27)30-2/h3-14,25H,15H2,1-2H3,(H,24,26). The van der Waals surface area contributed by atoms with Crippen molar-refractivity contribution in [3.05, 3.63) is 83.9 Å². The minimum absolute atomic E-state index is 0.0598. The van der Waals surface area contributed by atoms with Gasteiger partial charge in [-0.15, -0.1) is 0 Å². The zero-order chi connectivity index (χ0) is 23.1. The van der Waals surface area contributed by atoms with Crippen molar-refractivity contribution < 1.29 is 27.5 Å². The number of hydrogen-bond donors (Lipinski definition) is 2. The second-order valence-electron chi connectivity index (χ2n) is 6.77. The van der Waals surface area contributed by atoms with Crippen LogP contribution in [-0.2, 0) is 19.6 Å². The van der Waals surface area contributed by atoms with E-state index in [1.54, 1.807) is 30.3 Å². The van der Waals surface area contributed by atoms with E-state index in [0.717, 1.165) is 5.56 Å². The lowest BCUT2D eigenvalue weighted by Crippen LogP contribution is -2.21. The number of carbonyl (C=O) groups excluding carboxylic acids is 2. The smallest absolute Gasteiger partial charge is 0.339 e. The van der Waals surface area contributed by atoms with Gasteiger partial charge in [0.15, 0.2) is 6.61 Å². The predicted octanol–water partition coefficient (Wildman–Crippen LogP) is 3.60. The molecule has 0 heterocycles. The van der Waals surface area contributed by atoms with Crippen LogP contribution in [0.15, 0.2) is 77.7 Å². The Labute approximate surface area is 186 Å². The topological polar surface area (TPSA) is 111 Å². The number of amides is 1. The van der Waals surface area contributed by atoms with Crippen LogP contribution in [0.3, 0.4) is 0 Å². The number of nitrogens with one attached hydrogen (secondary N) is 2. The molecule has 0 fully saturated rings. The quantitative estimate of drug-likeness (QED) is 0.503. The van der Waals surface area contributed by atoms with Gasteiger partial charge in [-0.1, -0.05) is 30.3 Å². The van der Waals surface area contributed by atoms with E-state index in [1.807, 2.05) is 19.1 Å². The number of benzene rings is 3. The molecule has 3 aromatic carbocycles. The van der Waals surface area contributed by atoms with Crippen molar-refractivity contribution in [2.45, 2.75) is 11.8 Å². The Morgan fingerprint density at radius 3 is 2.16 bits per heavy atom. The molecule has 0 saturated carbocycles. The van der Waals surface area contributed by atoms with Gasteiger partial charge >= 0.3 is 5.97 Å². The molecule has 166 valence electrons. The molecule has 0 saturated heterocycles. The van der Waals surface area contributed by atoms with Gasteiger partial charge in [-0.25, -0.2) is 13.2 Å². The summed E-state index contributed by atoms with van der Waals surface area (Å²) >= 11 is 0. The first kappa shape index (κ1) is 22.8. The second-order valence-corrected chi connectivity index (χ2v) is 8.45. The summed E-state index contributed by atoms with van der Waals surface area (Å²) in [4.78, 5) is 24.1. The number of anilines is 2. The molecule has 3 aromatic rings. The van der Waals surface area contributed by atoms with E-state index in [4.69, 9.17) is 9.47 Å². The first-order valence-electron chi connectivity index (χ1n) is 9.58. The summed E-state index contributed by atoms with van der Waals surface area (Å²) in [7, 11) is -2.51. The molecule has 0 unspecified atom stereocenters. The average molecular weight is 455 g/mol. The highest BCUT2D eigenvalue weighted by molar-refractivity contribution is 7.92. The summed E-state index contributed by atoms with van der Waals surface area (Å²) < 4.78 is 37.9. The van der Waals surface area contributed by atoms with Crippen molar-refractivity contribution in [1.82, 2.24) is 0 Å². The van der Waals surface area contributed by atoms with E-state index in [0.29, 0.717) is 17.1 Å². The van der Waals surface area contributed by atoms with Crippen molar-refractivity contribution in [1.29, 1.82) is 0 Å². The third-order valence-electron chi connectivity index (χ3n) is 4.50. The summed E-state index contributed by atoms with van der Waals surface area (Å²) in [6.45, 7) is 1.48. The van der Waals surface area contributed by atoms with Crippen LogP contribution in [0.2, 0.25) is 0 Å². The zero-order valence-electron chi connectivity index (χ0n) is 17.5. The van der Waals surface area contributed by atoms with E-state index in [2.05, 4.69) is 10.0 Å². The first-order chi connectivity index (χ1) is 15.3. The van der Waals surface area contributed by atoms with Crippen LogP contribution in [0.5, 0.6) is 5.75 Å². The number of esters is 1. The van der Waals surface area contributed by atoms with Gasteiger partial charge in [0, 0.05) is 0 Å². The molecule has 2 N–H and O–H groups in total. The van der Waals surface area contributed by atoms with Gasteiger partial charge in [-0.3, -0.25) is 9.52 Å². The van der Waals surface area contributed by atoms with Crippen molar-refractivity contribution in [3.8, 4) is 5.75 Å². The lowest BCUT2D eigenvalue weighted by Gasteiger charge is -2.12. The largest absolute Gasteiger partial charge is 0.484 e. The number of carbonyl (C=O) groups is 2. The van der Waals surface area contributed by atoms with Crippen molar-refractivity contribution in [2.75, 3.05) is 23.8 Å². The van der Waals surface area contributed by atoms with Gasteiger partial charge in [0.05, 0.1) is 28.9 Å². The fraction of sp³-hybridized carbons (Fsp3) is 0.130. The van der Waals surface area contributed by atoms with Crippen LogP contribution in [0, 0.1) is 6.92 Å². The van der Waals surface area contributed by atoms with Gasteiger partial charge < -0.3 is 14.8 Å². The van der Waals surface area contributed by atoms with Crippen LogP contribution in [0.25, 0.3) is 0 Å². The highest BCUT2D eigenvalue weighted by atomic mass is 32.2.